The lowest BCUT2D eigenvalue weighted by Crippen LogP contribution is -2.27. The Morgan fingerprint density at radius 2 is 0.977 bits per heavy atom. The van der Waals surface area contributed by atoms with E-state index >= 15 is 0 Å². The van der Waals surface area contributed by atoms with Gasteiger partial charge in [0, 0.05) is 20.1 Å². The van der Waals surface area contributed by atoms with Crippen LogP contribution in [0, 0.1) is 0 Å². The lowest BCUT2D eigenvalue weighted by molar-refractivity contribution is -0.151. The quantitative estimate of drug-likeness (QED) is 0.0401. The number of phosphoric ester groups is 1. The first kappa shape index (κ1) is 42.5. The molecule has 0 fully saturated rings. The molecule has 0 heterocycles. The lowest BCUT2D eigenvalue weighted by Gasteiger charge is -2.19. The fourth-order valence-electron chi connectivity index (χ4n) is 5.29. The molecule has 0 rings (SSSR count). The molecule has 0 radical (unpaired) electrons. The first-order valence-electron chi connectivity index (χ1n) is 18.0. The van der Waals surface area contributed by atoms with Crippen molar-refractivity contribution in [2.24, 2.45) is 5.73 Å². The molecule has 2 unspecified atom stereocenters. The van der Waals surface area contributed by atoms with Gasteiger partial charge in [-0.25, -0.2) is 4.57 Å². The SMILES string of the molecule is CCCCCCCCCCCCCCCCCCCCCCCCCCCOCC(COP(=O)(O)OCCN)OC(C)=O. The highest BCUT2D eigenvalue weighted by Crippen LogP contribution is 2.43. The summed E-state index contributed by atoms with van der Waals surface area (Å²) in [5.41, 5.74) is 5.26. The van der Waals surface area contributed by atoms with Crippen molar-refractivity contribution >= 4 is 13.8 Å². The molecule has 0 saturated heterocycles. The molecule has 0 saturated carbocycles. The Morgan fingerprint density at radius 3 is 1.33 bits per heavy atom. The van der Waals surface area contributed by atoms with Crippen LogP contribution in [0.15, 0.2) is 0 Å². The summed E-state index contributed by atoms with van der Waals surface area (Å²) in [6, 6.07) is 0. The van der Waals surface area contributed by atoms with Crippen molar-refractivity contribution in [3.8, 4) is 0 Å². The Labute approximate surface area is 265 Å². The van der Waals surface area contributed by atoms with Gasteiger partial charge in [-0.3, -0.25) is 13.8 Å². The molecule has 2 atom stereocenters. The van der Waals surface area contributed by atoms with E-state index in [1.54, 1.807) is 0 Å². The van der Waals surface area contributed by atoms with E-state index in [1.807, 2.05) is 0 Å². The number of rotatable bonds is 35. The number of carbonyl (C=O) groups is 1. The van der Waals surface area contributed by atoms with E-state index < -0.39 is 19.9 Å². The maximum Gasteiger partial charge on any atom is 0.472 e. The summed E-state index contributed by atoms with van der Waals surface area (Å²) in [6.45, 7) is 3.95. The van der Waals surface area contributed by atoms with Gasteiger partial charge in [-0.1, -0.05) is 161 Å². The molecule has 9 heteroatoms. The molecule has 258 valence electrons. The van der Waals surface area contributed by atoms with Crippen molar-refractivity contribution in [2.45, 2.75) is 180 Å². The molecule has 0 aliphatic heterocycles. The van der Waals surface area contributed by atoms with Gasteiger partial charge in [-0.15, -0.1) is 0 Å². The number of unbranched alkanes of at least 4 members (excludes halogenated alkanes) is 24. The molecule has 0 aromatic carbocycles. The molecular formula is C34H70NO7P. The van der Waals surface area contributed by atoms with Gasteiger partial charge in [-0.2, -0.15) is 0 Å². The predicted octanol–water partition coefficient (Wildman–Crippen LogP) is 9.80. The fourth-order valence-corrected chi connectivity index (χ4v) is 6.06. The van der Waals surface area contributed by atoms with Crippen molar-refractivity contribution in [3.63, 3.8) is 0 Å². The van der Waals surface area contributed by atoms with E-state index in [0.29, 0.717) is 6.61 Å². The summed E-state index contributed by atoms with van der Waals surface area (Å²) < 4.78 is 32.0. The first-order valence-corrected chi connectivity index (χ1v) is 19.5. The van der Waals surface area contributed by atoms with Crippen LogP contribution in [0.2, 0.25) is 0 Å². The number of nitrogens with two attached hydrogens (primary N) is 1. The van der Waals surface area contributed by atoms with Crippen LogP contribution in [-0.4, -0.2) is 49.9 Å². The summed E-state index contributed by atoms with van der Waals surface area (Å²) in [7, 11) is -4.22. The third-order valence-corrected chi connectivity index (χ3v) is 8.81. The number of hydrogen-bond donors (Lipinski definition) is 2. The second-order valence-corrected chi connectivity index (χ2v) is 13.6. The Bertz CT molecular complexity index is 638. The van der Waals surface area contributed by atoms with E-state index in [4.69, 9.17) is 19.7 Å². The van der Waals surface area contributed by atoms with Gasteiger partial charge < -0.3 is 20.1 Å². The maximum absolute atomic E-state index is 11.7. The smallest absolute Gasteiger partial charge is 0.458 e. The number of hydrogen-bond acceptors (Lipinski definition) is 7. The van der Waals surface area contributed by atoms with E-state index in [9.17, 15) is 14.3 Å². The number of ether oxygens (including phenoxy) is 2. The third-order valence-electron chi connectivity index (χ3n) is 7.82. The van der Waals surface area contributed by atoms with Crippen molar-refractivity contribution in [3.05, 3.63) is 0 Å². The second kappa shape index (κ2) is 32.9. The van der Waals surface area contributed by atoms with Crippen LogP contribution in [0.4, 0.5) is 0 Å². The van der Waals surface area contributed by atoms with Gasteiger partial charge in [0.1, 0.15) is 6.10 Å². The molecule has 0 aromatic heterocycles. The van der Waals surface area contributed by atoms with Gasteiger partial charge in [0.15, 0.2) is 0 Å². The predicted molar refractivity (Wildman–Crippen MR) is 178 cm³/mol. The largest absolute Gasteiger partial charge is 0.472 e. The molecular weight excluding hydrogens is 565 g/mol. The summed E-state index contributed by atoms with van der Waals surface area (Å²) >= 11 is 0. The molecule has 8 nitrogen and oxygen atoms in total. The second-order valence-electron chi connectivity index (χ2n) is 12.2. The molecule has 3 N–H and O–H groups in total. The number of phosphoric acid groups is 1. The van der Waals surface area contributed by atoms with Crippen LogP contribution in [0.25, 0.3) is 0 Å². The zero-order valence-electron chi connectivity index (χ0n) is 28.2. The maximum atomic E-state index is 11.7. The minimum absolute atomic E-state index is 0.0951. The van der Waals surface area contributed by atoms with Crippen LogP contribution in [0.5, 0.6) is 0 Å². The highest BCUT2D eigenvalue weighted by molar-refractivity contribution is 7.47. The average molecular weight is 636 g/mol. The summed E-state index contributed by atoms with van der Waals surface area (Å²) in [4.78, 5) is 20.9. The van der Waals surface area contributed by atoms with Crippen molar-refractivity contribution in [2.75, 3.05) is 33.0 Å². The Hall–Kier alpha value is -0.500. The average Bonchev–Trinajstić information content (AvgIpc) is 2.98. The fraction of sp³-hybridized carbons (Fsp3) is 0.971. The molecule has 0 spiro atoms. The van der Waals surface area contributed by atoms with E-state index in [-0.39, 0.29) is 26.4 Å². The van der Waals surface area contributed by atoms with Crippen LogP contribution < -0.4 is 5.73 Å². The van der Waals surface area contributed by atoms with Crippen LogP contribution >= 0.6 is 7.82 Å². The topological polar surface area (TPSA) is 117 Å². The van der Waals surface area contributed by atoms with Gasteiger partial charge >= 0.3 is 13.8 Å². The van der Waals surface area contributed by atoms with Crippen LogP contribution in [0.1, 0.15) is 174 Å². The molecule has 0 aliphatic carbocycles. The van der Waals surface area contributed by atoms with Crippen LogP contribution in [-0.2, 0) is 27.9 Å². The van der Waals surface area contributed by atoms with Gasteiger partial charge in [0.25, 0.3) is 0 Å². The normalized spacial score (nSPS) is 13.7. The standard InChI is InChI=1S/C34H70NO7P/c1-3-4-5-6-7-8-9-10-11-12-13-14-15-16-17-18-19-20-21-22-23-24-25-26-27-29-39-31-34(42-33(2)36)32-41-43(37,38)40-30-28-35/h34H,3-32,35H2,1-2H3,(H,37,38). The third kappa shape index (κ3) is 34.2. The van der Waals surface area contributed by atoms with Gasteiger partial charge in [-0.05, 0) is 6.42 Å². The molecule has 0 amide bonds. The zero-order chi connectivity index (χ0) is 31.7. The first-order chi connectivity index (χ1) is 20.9. The highest BCUT2D eigenvalue weighted by Gasteiger charge is 2.24. The molecule has 0 aliphatic rings. The number of carbonyl (C=O) groups excluding carboxylic acids is 1. The van der Waals surface area contributed by atoms with Gasteiger partial charge in [0.2, 0.25) is 0 Å². The summed E-state index contributed by atoms with van der Waals surface area (Å²) in [5.74, 6) is -0.502. The minimum atomic E-state index is -4.22. The highest BCUT2D eigenvalue weighted by atomic mass is 31.2. The van der Waals surface area contributed by atoms with E-state index in [0.717, 1.165) is 12.8 Å². The lowest BCUT2D eigenvalue weighted by atomic mass is 10.0. The molecule has 0 aromatic rings. The van der Waals surface area contributed by atoms with E-state index in [2.05, 4.69) is 11.4 Å². The van der Waals surface area contributed by atoms with Gasteiger partial charge in [0.05, 0.1) is 19.8 Å². The van der Waals surface area contributed by atoms with Crippen molar-refractivity contribution in [1.82, 2.24) is 0 Å². The number of esters is 1. The molecule has 43 heavy (non-hydrogen) atoms. The monoisotopic (exact) mass is 635 g/mol. The Balaban J connectivity index is 3.39. The zero-order valence-corrected chi connectivity index (χ0v) is 29.1. The van der Waals surface area contributed by atoms with Crippen molar-refractivity contribution < 1.29 is 32.8 Å². The Kier molecular flexibility index (Phi) is 32.5. The summed E-state index contributed by atoms with van der Waals surface area (Å²) in [6.07, 6.45) is 33.4. The van der Waals surface area contributed by atoms with E-state index in [1.165, 1.54) is 155 Å². The molecule has 0 bridgehead atoms. The Morgan fingerprint density at radius 1 is 0.605 bits per heavy atom. The minimum Gasteiger partial charge on any atom is -0.458 e. The van der Waals surface area contributed by atoms with Crippen LogP contribution in [0.3, 0.4) is 0 Å². The summed E-state index contributed by atoms with van der Waals surface area (Å²) in [5, 5.41) is 0. The van der Waals surface area contributed by atoms with Crippen molar-refractivity contribution in [1.29, 1.82) is 0 Å².